The van der Waals surface area contributed by atoms with E-state index in [0.29, 0.717) is 11.6 Å². The van der Waals surface area contributed by atoms with Crippen molar-refractivity contribution < 1.29 is 18.8 Å². The molecule has 0 amide bonds. The predicted molar refractivity (Wildman–Crippen MR) is 168 cm³/mol. The maximum Gasteiger partial charge on any atom is 0.346 e. The zero-order chi connectivity index (χ0) is 29.3. The second-order valence-corrected chi connectivity index (χ2v) is 13.8. The van der Waals surface area contributed by atoms with Crippen molar-refractivity contribution in [2.75, 3.05) is 7.11 Å². The lowest BCUT2D eigenvalue weighted by molar-refractivity contribution is -0.709. The number of aliphatic hydroxyl groups is 1. The van der Waals surface area contributed by atoms with E-state index in [-0.39, 0.29) is 17.4 Å². The van der Waals surface area contributed by atoms with Crippen LogP contribution >= 0.6 is 0 Å². The highest BCUT2D eigenvalue weighted by Crippen LogP contribution is 2.65. The molecular formula is C37H37N2O3+. The predicted octanol–water partition coefficient (Wildman–Crippen LogP) is 8.03. The number of hydrogen-bond donors (Lipinski definition) is 1. The lowest BCUT2D eigenvalue weighted by atomic mass is 9.78. The van der Waals surface area contributed by atoms with Gasteiger partial charge in [-0.25, -0.2) is 4.57 Å². The van der Waals surface area contributed by atoms with Crippen molar-refractivity contribution in [3.63, 3.8) is 0 Å². The van der Waals surface area contributed by atoms with Crippen LogP contribution in [0.5, 0.6) is 0 Å². The first kappa shape index (κ1) is 25.9. The number of methoxy groups -OCH3 is 1. The van der Waals surface area contributed by atoms with Gasteiger partial charge < -0.3 is 14.3 Å². The van der Waals surface area contributed by atoms with Crippen LogP contribution in [0.15, 0.2) is 65.1 Å². The fourth-order valence-corrected chi connectivity index (χ4v) is 7.81. The molecule has 212 valence electrons. The molecule has 3 heterocycles. The summed E-state index contributed by atoms with van der Waals surface area (Å²) < 4.78 is 14.8. The van der Waals surface area contributed by atoms with Crippen LogP contribution in [0, 0.1) is 12.8 Å². The molecule has 3 atom stereocenters. The third kappa shape index (κ3) is 3.27. The SMILES string of the molecule is COC1(O)C2c3c(cc(C(C)(C)C)c4ccccc34)-c3c4c(nc(C)[n+]3C21)oc1c2cccc(CC(C)C)c2ccc14. The topological polar surface area (TPSA) is 59.4 Å². The largest absolute Gasteiger partial charge is 0.418 e. The van der Waals surface area contributed by atoms with Gasteiger partial charge in [0.05, 0.1) is 5.92 Å². The quantitative estimate of drug-likeness (QED) is 0.177. The van der Waals surface area contributed by atoms with E-state index >= 15 is 0 Å². The Kier molecular flexibility index (Phi) is 5.17. The molecule has 1 fully saturated rings. The molecule has 1 aliphatic carbocycles. The summed E-state index contributed by atoms with van der Waals surface area (Å²) in [4.78, 5) is 5.02. The molecule has 2 aliphatic rings. The zero-order valence-electron chi connectivity index (χ0n) is 25.4. The molecule has 0 saturated heterocycles. The summed E-state index contributed by atoms with van der Waals surface area (Å²) in [6, 6.07) is 21.7. The summed E-state index contributed by atoms with van der Waals surface area (Å²) in [5.74, 6) is -0.136. The molecule has 1 N–H and O–H groups in total. The number of aryl methyl sites for hydroxylation is 1. The molecule has 1 aliphatic heterocycles. The lowest BCUT2D eigenvalue weighted by Crippen LogP contribution is -2.44. The van der Waals surface area contributed by atoms with E-state index in [2.05, 4.69) is 99.8 Å². The van der Waals surface area contributed by atoms with Crippen LogP contribution < -0.4 is 4.57 Å². The minimum Gasteiger partial charge on any atom is -0.418 e. The number of nitrogens with zero attached hydrogens (tertiary/aromatic N) is 2. The van der Waals surface area contributed by atoms with Crippen molar-refractivity contribution in [1.82, 2.24) is 4.98 Å². The van der Waals surface area contributed by atoms with Crippen molar-refractivity contribution >= 4 is 43.6 Å². The molecule has 2 aromatic heterocycles. The maximum absolute atomic E-state index is 11.9. The highest BCUT2D eigenvalue weighted by molar-refractivity contribution is 6.18. The van der Waals surface area contributed by atoms with Crippen molar-refractivity contribution in [2.24, 2.45) is 5.92 Å². The molecule has 1 saturated carbocycles. The summed E-state index contributed by atoms with van der Waals surface area (Å²) in [7, 11) is 1.61. The molecule has 0 radical (unpaired) electrons. The molecule has 8 rings (SSSR count). The summed E-state index contributed by atoms with van der Waals surface area (Å²) in [5, 5.41) is 18.7. The third-order valence-electron chi connectivity index (χ3n) is 9.64. The zero-order valence-corrected chi connectivity index (χ0v) is 25.4. The number of hydrogen-bond acceptors (Lipinski definition) is 4. The number of fused-ring (bicyclic) bond motifs is 14. The lowest BCUT2D eigenvalue weighted by Gasteiger charge is -2.26. The molecular weight excluding hydrogens is 520 g/mol. The summed E-state index contributed by atoms with van der Waals surface area (Å²) in [6.07, 6.45) is 1.01. The first-order valence-corrected chi connectivity index (χ1v) is 15.1. The number of benzene rings is 4. The fraction of sp³-hybridized carbons (Fsp3) is 0.351. The van der Waals surface area contributed by atoms with E-state index in [1.807, 2.05) is 6.92 Å². The van der Waals surface area contributed by atoms with E-state index in [1.165, 1.54) is 27.3 Å². The van der Waals surface area contributed by atoms with Gasteiger partial charge in [-0.1, -0.05) is 83.1 Å². The molecule has 3 unspecified atom stereocenters. The Labute approximate surface area is 245 Å². The molecule has 42 heavy (non-hydrogen) atoms. The van der Waals surface area contributed by atoms with Gasteiger partial charge in [-0.05, 0) is 67.7 Å². The number of rotatable bonds is 3. The Bertz CT molecular complexity index is 2120. The Morgan fingerprint density at radius 3 is 2.40 bits per heavy atom. The molecule has 5 nitrogen and oxygen atoms in total. The number of aromatic nitrogens is 2. The second-order valence-electron chi connectivity index (χ2n) is 13.8. The first-order valence-electron chi connectivity index (χ1n) is 15.1. The number of furan rings is 1. The second kappa shape index (κ2) is 8.40. The standard InChI is InChI=1S/C37H37N2O3/c1-19(2)17-21-11-10-14-25-22(21)15-16-26-30-32-27-18-28(36(4,5)6)23-12-8-9-13-24(23)29(27)31-34(37(31,40)41-7)39(32)20(3)38-35(30)42-33(25)26/h8-16,18-19,31,34,40H,17H2,1-7H3/q+1. The molecule has 6 aromatic rings. The Hall–Kier alpha value is -3.80. The van der Waals surface area contributed by atoms with E-state index < -0.39 is 5.79 Å². The Balaban J connectivity index is 1.54. The van der Waals surface area contributed by atoms with Gasteiger partial charge in [0.15, 0.2) is 11.7 Å². The molecule has 0 spiro atoms. The highest BCUT2D eigenvalue weighted by atomic mass is 16.6. The summed E-state index contributed by atoms with van der Waals surface area (Å²) in [5.41, 5.74) is 7.35. The molecule has 4 aromatic carbocycles. The average Bonchev–Trinajstić information content (AvgIpc) is 3.39. The Morgan fingerprint density at radius 1 is 0.976 bits per heavy atom. The van der Waals surface area contributed by atoms with Gasteiger partial charge in [0, 0.05) is 30.4 Å². The van der Waals surface area contributed by atoms with Crippen molar-refractivity contribution in [2.45, 2.75) is 71.1 Å². The van der Waals surface area contributed by atoms with Gasteiger partial charge in [0.1, 0.15) is 11.0 Å². The Morgan fingerprint density at radius 2 is 1.69 bits per heavy atom. The van der Waals surface area contributed by atoms with Crippen molar-refractivity contribution in [3.05, 3.63) is 83.2 Å². The van der Waals surface area contributed by atoms with Crippen molar-refractivity contribution in [3.8, 4) is 11.3 Å². The van der Waals surface area contributed by atoms with Crippen LogP contribution in [0.25, 0.3) is 54.9 Å². The van der Waals surface area contributed by atoms with E-state index in [9.17, 15) is 5.11 Å². The van der Waals surface area contributed by atoms with Crippen molar-refractivity contribution in [1.29, 1.82) is 0 Å². The molecule has 0 bridgehead atoms. The smallest absolute Gasteiger partial charge is 0.346 e. The van der Waals surface area contributed by atoms with Gasteiger partial charge >= 0.3 is 11.5 Å². The monoisotopic (exact) mass is 557 g/mol. The third-order valence-corrected chi connectivity index (χ3v) is 9.64. The van der Waals surface area contributed by atoms with Crippen LogP contribution in [-0.2, 0) is 16.6 Å². The average molecular weight is 558 g/mol. The van der Waals surface area contributed by atoms with E-state index in [4.69, 9.17) is 14.1 Å². The normalized spacial score (nSPS) is 21.4. The van der Waals surface area contributed by atoms with Gasteiger partial charge in [0.25, 0.3) is 0 Å². The van der Waals surface area contributed by atoms with E-state index in [1.54, 1.807) is 7.11 Å². The van der Waals surface area contributed by atoms with Crippen LogP contribution in [0.4, 0.5) is 0 Å². The van der Waals surface area contributed by atoms with Gasteiger partial charge in [-0.2, -0.15) is 0 Å². The maximum atomic E-state index is 11.9. The van der Waals surface area contributed by atoms with Crippen LogP contribution in [0.3, 0.4) is 0 Å². The highest BCUT2D eigenvalue weighted by Gasteiger charge is 2.74. The number of ether oxygens (including phenoxy) is 1. The minimum atomic E-state index is -1.31. The van der Waals surface area contributed by atoms with E-state index in [0.717, 1.165) is 50.8 Å². The van der Waals surface area contributed by atoms with Crippen LogP contribution in [0.2, 0.25) is 0 Å². The fourth-order valence-electron chi connectivity index (χ4n) is 7.81. The van der Waals surface area contributed by atoms with Gasteiger partial charge in [-0.15, -0.1) is 0 Å². The first-order chi connectivity index (χ1) is 20.0. The summed E-state index contributed by atoms with van der Waals surface area (Å²) in [6.45, 7) is 13.3. The van der Waals surface area contributed by atoms with Gasteiger partial charge in [0.2, 0.25) is 5.79 Å². The minimum absolute atomic E-state index is 0.0832. The van der Waals surface area contributed by atoms with Crippen LogP contribution in [0.1, 0.15) is 69.1 Å². The summed E-state index contributed by atoms with van der Waals surface area (Å²) >= 11 is 0. The van der Waals surface area contributed by atoms with Crippen LogP contribution in [-0.4, -0.2) is 23.0 Å². The molecule has 5 heteroatoms. The van der Waals surface area contributed by atoms with Gasteiger partial charge in [-0.3, -0.25) is 0 Å².